The van der Waals surface area contributed by atoms with E-state index in [1.165, 1.54) is 11.1 Å². The Morgan fingerprint density at radius 1 is 1.28 bits per heavy atom. The van der Waals surface area contributed by atoms with Crippen LogP contribution in [0, 0.1) is 11.8 Å². The summed E-state index contributed by atoms with van der Waals surface area (Å²) in [6, 6.07) is 0. The summed E-state index contributed by atoms with van der Waals surface area (Å²) in [6.07, 6.45) is 9.04. The zero-order valence-corrected chi connectivity index (χ0v) is 12.6. The van der Waals surface area contributed by atoms with Crippen LogP contribution in [0.25, 0.3) is 0 Å². The molecule has 0 spiro atoms. The first-order valence-electron chi connectivity index (χ1n) is 6.96. The molecule has 0 saturated heterocycles. The summed E-state index contributed by atoms with van der Waals surface area (Å²) in [5.74, 6) is 0.904. The Hall–Kier alpha value is -1.11. The molecule has 0 N–H and O–H groups in total. The molecule has 18 heavy (non-hydrogen) atoms. The van der Waals surface area contributed by atoms with Gasteiger partial charge in [-0.3, -0.25) is 4.79 Å². The van der Waals surface area contributed by atoms with Crippen LogP contribution < -0.4 is 0 Å². The van der Waals surface area contributed by atoms with Crippen molar-refractivity contribution in [2.24, 2.45) is 11.8 Å². The predicted octanol–water partition coefficient (Wildman–Crippen LogP) is 5.10. The molecular formula is C17H28O. The van der Waals surface area contributed by atoms with Gasteiger partial charge in [-0.1, -0.05) is 51.2 Å². The largest absolute Gasteiger partial charge is 0.300 e. The third-order valence-corrected chi connectivity index (χ3v) is 3.70. The lowest BCUT2D eigenvalue weighted by Crippen LogP contribution is -2.14. The highest BCUT2D eigenvalue weighted by atomic mass is 16.1. The highest BCUT2D eigenvalue weighted by Crippen LogP contribution is 2.28. The van der Waals surface area contributed by atoms with Gasteiger partial charge in [0, 0.05) is 5.92 Å². The summed E-state index contributed by atoms with van der Waals surface area (Å²) in [5, 5.41) is 0. The lowest BCUT2D eigenvalue weighted by Gasteiger charge is -2.21. The van der Waals surface area contributed by atoms with Crippen molar-refractivity contribution in [2.45, 2.75) is 53.9 Å². The molecule has 2 atom stereocenters. The molecule has 0 aromatic heterocycles. The van der Waals surface area contributed by atoms with Crippen molar-refractivity contribution in [1.82, 2.24) is 0 Å². The molecule has 0 fully saturated rings. The van der Waals surface area contributed by atoms with Crippen LogP contribution in [-0.2, 0) is 4.79 Å². The van der Waals surface area contributed by atoms with Crippen molar-refractivity contribution < 1.29 is 4.79 Å². The second-order valence-electron chi connectivity index (χ2n) is 5.04. The molecule has 0 rings (SSSR count). The van der Waals surface area contributed by atoms with E-state index in [9.17, 15) is 4.79 Å². The van der Waals surface area contributed by atoms with Gasteiger partial charge in [0.2, 0.25) is 0 Å². The number of hydrogen-bond acceptors (Lipinski definition) is 1. The van der Waals surface area contributed by atoms with Gasteiger partial charge in [0.15, 0.2) is 0 Å². The minimum absolute atomic E-state index is 0.145. The fraction of sp³-hybridized carbons (Fsp3) is 0.588. The monoisotopic (exact) mass is 248 g/mol. The summed E-state index contributed by atoms with van der Waals surface area (Å²) >= 11 is 0. The van der Waals surface area contributed by atoms with E-state index in [2.05, 4.69) is 33.4 Å². The number of carbonyl (C=O) groups excluding carboxylic acids is 1. The standard InChI is InChI=1S/C17H28O/c1-7-10-11-17(13(4)8-2)16(9-3)12-14(5)15(6)18/h7,10-11,14,16H,1,8-9,12H2,2-6H3/b11-10-,17-13-. The normalized spacial score (nSPS) is 16.3. The molecule has 1 nitrogen and oxygen atoms in total. The summed E-state index contributed by atoms with van der Waals surface area (Å²) in [5.41, 5.74) is 2.80. The maximum Gasteiger partial charge on any atom is 0.132 e. The topological polar surface area (TPSA) is 17.1 Å². The second kappa shape index (κ2) is 8.91. The number of Topliss-reactive ketones (excluding diaryl/α,β-unsaturated/α-hetero) is 1. The molecule has 2 unspecified atom stereocenters. The second-order valence-corrected chi connectivity index (χ2v) is 5.04. The third-order valence-electron chi connectivity index (χ3n) is 3.70. The molecule has 0 amide bonds. The van der Waals surface area contributed by atoms with E-state index in [1.807, 2.05) is 19.1 Å². The molecule has 0 bridgehead atoms. The Labute approximate surface area is 113 Å². The summed E-state index contributed by atoms with van der Waals surface area (Å²) < 4.78 is 0. The average Bonchev–Trinajstić information content (AvgIpc) is 2.36. The molecule has 0 aromatic rings. The van der Waals surface area contributed by atoms with Gasteiger partial charge < -0.3 is 0 Å². The van der Waals surface area contributed by atoms with Gasteiger partial charge in [0.1, 0.15) is 5.78 Å². The molecule has 0 saturated carbocycles. The Balaban J connectivity index is 5.11. The van der Waals surface area contributed by atoms with Gasteiger partial charge in [-0.25, -0.2) is 0 Å². The number of ketones is 1. The molecule has 0 aliphatic heterocycles. The van der Waals surface area contributed by atoms with E-state index in [-0.39, 0.29) is 11.7 Å². The van der Waals surface area contributed by atoms with Gasteiger partial charge in [0.25, 0.3) is 0 Å². The fourth-order valence-electron chi connectivity index (χ4n) is 2.11. The van der Waals surface area contributed by atoms with Crippen molar-refractivity contribution >= 4 is 5.78 Å². The first kappa shape index (κ1) is 16.9. The number of rotatable bonds is 8. The van der Waals surface area contributed by atoms with Crippen molar-refractivity contribution in [2.75, 3.05) is 0 Å². The van der Waals surface area contributed by atoms with Crippen LogP contribution >= 0.6 is 0 Å². The molecule has 102 valence electrons. The molecule has 1 heteroatoms. The van der Waals surface area contributed by atoms with Crippen molar-refractivity contribution in [3.63, 3.8) is 0 Å². The highest BCUT2D eigenvalue weighted by molar-refractivity contribution is 5.77. The van der Waals surface area contributed by atoms with Crippen LogP contribution in [0.5, 0.6) is 0 Å². The molecular weight excluding hydrogens is 220 g/mol. The molecule has 0 aromatic carbocycles. The van der Waals surface area contributed by atoms with Crippen molar-refractivity contribution in [1.29, 1.82) is 0 Å². The van der Waals surface area contributed by atoms with Gasteiger partial charge in [-0.15, -0.1) is 0 Å². The maximum atomic E-state index is 11.4. The lowest BCUT2D eigenvalue weighted by molar-refractivity contribution is -0.120. The zero-order chi connectivity index (χ0) is 14.1. The summed E-state index contributed by atoms with van der Waals surface area (Å²) in [7, 11) is 0. The smallest absolute Gasteiger partial charge is 0.132 e. The molecule has 0 aliphatic carbocycles. The fourth-order valence-corrected chi connectivity index (χ4v) is 2.11. The van der Waals surface area contributed by atoms with Crippen molar-refractivity contribution in [3.8, 4) is 0 Å². The number of carbonyl (C=O) groups is 1. The minimum Gasteiger partial charge on any atom is -0.300 e. The quantitative estimate of drug-likeness (QED) is 0.546. The first-order chi connectivity index (χ1) is 8.47. The van der Waals surface area contributed by atoms with Gasteiger partial charge in [-0.2, -0.15) is 0 Å². The van der Waals surface area contributed by atoms with Crippen LogP contribution in [0.2, 0.25) is 0 Å². The molecule has 0 heterocycles. The number of allylic oxidation sites excluding steroid dienone is 5. The van der Waals surface area contributed by atoms with E-state index in [0.29, 0.717) is 5.92 Å². The summed E-state index contributed by atoms with van der Waals surface area (Å²) in [6.45, 7) is 14.0. The summed E-state index contributed by atoms with van der Waals surface area (Å²) in [4.78, 5) is 11.4. The molecule has 0 radical (unpaired) electrons. The van der Waals surface area contributed by atoms with Crippen LogP contribution in [0.1, 0.15) is 53.9 Å². The third kappa shape index (κ3) is 5.48. The Bertz CT molecular complexity index is 334. The van der Waals surface area contributed by atoms with Gasteiger partial charge >= 0.3 is 0 Å². The van der Waals surface area contributed by atoms with E-state index in [1.54, 1.807) is 6.92 Å². The van der Waals surface area contributed by atoms with Crippen molar-refractivity contribution in [3.05, 3.63) is 36.0 Å². The SMILES string of the molecule is C=C/C=C\C(=C(/C)CC)C(CC)CC(C)C(C)=O. The van der Waals surface area contributed by atoms with Crippen LogP contribution in [0.15, 0.2) is 36.0 Å². The molecule has 0 aliphatic rings. The maximum absolute atomic E-state index is 11.4. The van der Waals surface area contributed by atoms with Gasteiger partial charge in [0.05, 0.1) is 0 Å². The Morgan fingerprint density at radius 3 is 2.28 bits per heavy atom. The van der Waals surface area contributed by atoms with E-state index in [4.69, 9.17) is 0 Å². The van der Waals surface area contributed by atoms with Crippen LogP contribution in [0.3, 0.4) is 0 Å². The Morgan fingerprint density at radius 2 is 1.89 bits per heavy atom. The van der Waals surface area contributed by atoms with E-state index >= 15 is 0 Å². The lowest BCUT2D eigenvalue weighted by atomic mass is 9.83. The highest BCUT2D eigenvalue weighted by Gasteiger charge is 2.18. The predicted molar refractivity (Wildman–Crippen MR) is 80.6 cm³/mol. The van der Waals surface area contributed by atoms with Crippen LogP contribution in [0.4, 0.5) is 0 Å². The zero-order valence-electron chi connectivity index (χ0n) is 12.6. The van der Waals surface area contributed by atoms with E-state index < -0.39 is 0 Å². The average molecular weight is 248 g/mol. The first-order valence-corrected chi connectivity index (χ1v) is 6.96. The van der Waals surface area contributed by atoms with Crippen LogP contribution in [-0.4, -0.2) is 5.78 Å². The van der Waals surface area contributed by atoms with Gasteiger partial charge in [-0.05, 0) is 44.6 Å². The Kier molecular flexibility index (Phi) is 8.36. The minimum atomic E-state index is 0.145. The number of hydrogen-bond donors (Lipinski definition) is 0. The van der Waals surface area contributed by atoms with E-state index in [0.717, 1.165) is 19.3 Å².